The Balaban J connectivity index is 3.25. The smallest absolute Gasteiger partial charge is 0.182 e. The summed E-state index contributed by atoms with van der Waals surface area (Å²) in [5.74, 6) is -0.350. The average Bonchev–Trinajstić information content (AvgIpc) is 2.09. The molecule has 0 aliphatic heterocycles. The molecular formula is C8H10ClNO3S. The van der Waals surface area contributed by atoms with Crippen LogP contribution >= 0.6 is 11.6 Å². The zero-order chi connectivity index (χ0) is 10.8. The van der Waals surface area contributed by atoms with Crippen LogP contribution in [-0.4, -0.2) is 25.9 Å². The molecule has 1 aromatic rings. The number of aliphatic hydroxyl groups excluding tert-OH is 1. The SMILES string of the molecule is Nc1ccc(Cl)cc1S(=O)(=O)CCO. The van der Waals surface area contributed by atoms with Crippen LogP contribution in [0.5, 0.6) is 0 Å². The van der Waals surface area contributed by atoms with E-state index < -0.39 is 16.4 Å². The molecule has 0 unspecified atom stereocenters. The standard InChI is InChI=1S/C8H10ClNO3S/c9-6-1-2-7(10)8(5-6)14(12,13)4-3-11/h1-2,5,11H,3-4,10H2. The van der Waals surface area contributed by atoms with E-state index in [0.717, 1.165) is 0 Å². The second-order valence-electron chi connectivity index (χ2n) is 2.72. The molecule has 0 atom stereocenters. The first-order valence-electron chi connectivity index (χ1n) is 3.86. The predicted octanol–water partition coefficient (Wildman–Crippen LogP) is 0.688. The number of benzene rings is 1. The van der Waals surface area contributed by atoms with Gasteiger partial charge in [-0.25, -0.2) is 8.42 Å². The summed E-state index contributed by atoms with van der Waals surface area (Å²) in [5, 5.41) is 8.87. The normalized spacial score (nSPS) is 11.6. The van der Waals surface area contributed by atoms with E-state index in [1.807, 2.05) is 0 Å². The van der Waals surface area contributed by atoms with Gasteiger partial charge in [0.25, 0.3) is 0 Å². The predicted molar refractivity (Wildman–Crippen MR) is 55.0 cm³/mol. The van der Waals surface area contributed by atoms with Crippen LogP contribution in [0.1, 0.15) is 0 Å². The van der Waals surface area contributed by atoms with Crippen molar-refractivity contribution < 1.29 is 13.5 Å². The van der Waals surface area contributed by atoms with E-state index in [0.29, 0.717) is 5.02 Å². The number of nitrogen functional groups attached to an aromatic ring is 1. The number of sulfone groups is 1. The summed E-state index contributed by atoms with van der Waals surface area (Å²) in [5.41, 5.74) is 5.63. The van der Waals surface area contributed by atoms with Crippen molar-refractivity contribution in [1.82, 2.24) is 0 Å². The van der Waals surface area contributed by atoms with Crippen molar-refractivity contribution in [3.05, 3.63) is 23.2 Å². The number of hydrogen-bond acceptors (Lipinski definition) is 4. The fourth-order valence-corrected chi connectivity index (χ4v) is 2.44. The highest BCUT2D eigenvalue weighted by Crippen LogP contribution is 2.23. The topological polar surface area (TPSA) is 80.4 Å². The highest BCUT2D eigenvalue weighted by Gasteiger charge is 2.17. The highest BCUT2D eigenvalue weighted by atomic mass is 35.5. The molecule has 0 aliphatic carbocycles. The van der Waals surface area contributed by atoms with Crippen LogP contribution in [0.4, 0.5) is 5.69 Å². The third-order valence-electron chi connectivity index (χ3n) is 1.67. The minimum Gasteiger partial charge on any atom is -0.398 e. The van der Waals surface area contributed by atoms with Gasteiger partial charge in [-0.2, -0.15) is 0 Å². The van der Waals surface area contributed by atoms with Gasteiger partial charge in [-0.1, -0.05) is 11.6 Å². The third kappa shape index (κ3) is 2.37. The largest absolute Gasteiger partial charge is 0.398 e. The maximum atomic E-state index is 11.5. The van der Waals surface area contributed by atoms with E-state index >= 15 is 0 Å². The maximum absolute atomic E-state index is 11.5. The Morgan fingerprint density at radius 2 is 2.07 bits per heavy atom. The monoisotopic (exact) mass is 235 g/mol. The molecule has 0 radical (unpaired) electrons. The number of hydrogen-bond donors (Lipinski definition) is 2. The number of aliphatic hydroxyl groups is 1. The summed E-state index contributed by atoms with van der Waals surface area (Å²) in [7, 11) is -3.52. The van der Waals surface area contributed by atoms with Gasteiger partial charge in [0.1, 0.15) is 0 Å². The van der Waals surface area contributed by atoms with Crippen LogP contribution in [0.15, 0.2) is 23.1 Å². The van der Waals surface area contributed by atoms with Crippen molar-refractivity contribution in [1.29, 1.82) is 0 Å². The lowest BCUT2D eigenvalue weighted by Crippen LogP contribution is -2.12. The molecule has 0 amide bonds. The summed E-state index contributed by atoms with van der Waals surface area (Å²) >= 11 is 5.64. The zero-order valence-electron chi connectivity index (χ0n) is 7.27. The molecule has 0 saturated heterocycles. The Morgan fingerprint density at radius 1 is 1.43 bits per heavy atom. The van der Waals surface area contributed by atoms with Gasteiger partial charge < -0.3 is 10.8 Å². The molecule has 0 aromatic heterocycles. The van der Waals surface area contributed by atoms with Crippen LogP contribution < -0.4 is 5.73 Å². The molecule has 0 saturated carbocycles. The molecule has 1 rings (SSSR count). The van der Waals surface area contributed by atoms with Crippen molar-refractivity contribution in [2.24, 2.45) is 0 Å². The van der Waals surface area contributed by atoms with Gasteiger partial charge in [-0.15, -0.1) is 0 Å². The number of anilines is 1. The molecule has 0 heterocycles. The molecule has 3 N–H and O–H groups in total. The maximum Gasteiger partial charge on any atom is 0.182 e. The second-order valence-corrected chi connectivity index (χ2v) is 5.24. The van der Waals surface area contributed by atoms with Crippen LogP contribution in [0.2, 0.25) is 5.02 Å². The van der Waals surface area contributed by atoms with Crippen LogP contribution in [0, 0.1) is 0 Å². The van der Waals surface area contributed by atoms with Crippen molar-refractivity contribution in [3.8, 4) is 0 Å². The fraction of sp³-hybridized carbons (Fsp3) is 0.250. The molecule has 1 aromatic carbocycles. The number of nitrogens with two attached hydrogens (primary N) is 1. The molecule has 0 spiro atoms. The van der Waals surface area contributed by atoms with Crippen LogP contribution in [0.3, 0.4) is 0 Å². The minimum absolute atomic E-state index is 0.0287. The number of rotatable bonds is 3. The van der Waals surface area contributed by atoms with Gasteiger partial charge in [-0.3, -0.25) is 0 Å². The van der Waals surface area contributed by atoms with Crippen molar-refractivity contribution in [3.63, 3.8) is 0 Å². The quantitative estimate of drug-likeness (QED) is 0.756. The second kappa shape index (κ2) is 4.16. The van der Waals surface area contributed by atoms with Crippen molar-refractivity contribution in [2.75, 3.05) is 18.1 Å². The zero-order valence-corrected chi connectivity index (χ0v) is 8.85. The Bertz CT molecular complexity index is 430. The lowest BCUT2D eigenvalue weighted by atomic mass is 10.3. The van der Waals surface area contributed by atoms with E-state index in [4.69, 9.17) is 22.4 Å². The lowest BCUT2D eigenvalue weighted by molar-refractivity contribution is 0.319. The molecule has 6 heteroatoms. The average molecular weight is 236 g/mol. The number of halogens is 1. The van der Waals surface area contributed by atoms with Crippen molar-refractivity contribution in [2.45, 2.75) is 4.90 Å². The van der Waals surface area contributed by atoms with Crippen LogP contribution in [0.25, 0.3) is 0 Å². The molecule has 0 fully saturated rings. The van der Waals surface area contributed by atoms with Gasteiger partial charge in [0.2, 0.25) is 0 Å². The van der Waals surface area contributed by atoms with Crippen LogP contribution in [-0.2, 0) is 9.84 Å². The van der Waals surface area contributed by atoms with E-state index in [1.54, 1.807) is 0 Å². The van der Waals surface area contributed by atoms with E-state index in [-0.39, 0.29) is 16.3 Å². The summed E-state index contributed by atoms with van der Waals surface area (Å²) in [6.45, 7) is -0.436. The van der Waals surface area contributed by atoms with Gasteiger partial charge in [0.05, 0.1) is 22.9 Å². The molecule has 4 nitrogen and oxygen atoms in total. The lowest BCUT2D eigenvalue weighted by Gasteiger charge is -2.06. The molecule has 0 bridgehead atoms. The summed E-state index contributed by atoms with van der Waals surface area (Å²) in [6.07, 6.45) is 0. The molecule has 14 heavy (non-hydrogen) atoms. The summed E-state index contributed by atoms with van der Waals surface area (Å²) < 4.78 is 23.0. The fourth-order valence-electron chi connectivity index (χ4n) is 1.01. The third-order valence-corrected chi connectivity index (χ3v) is 3.65. The highest BCUT2D eigenvalue weighted by molar-refractivity contribution is 7.91. The molecule has 0 aliphatic rings. The van der Waals surface area contributed by atoms with Gasteiger partial charge in [0, 0.05) is 5.02 Å². The first kappa shape index (κ1) is 11.3. The van der Waals surface area contributed by atoms with Gasteiger partial charge in [-0.05, 0) is 18.2 Å². The first-order valence-corrected chi connectivity index (χ1v) is 5.89. The van der Waals surface area contributed by atoms with Crippen molar-refractivity contribution >= 4 is 27.1 Å². The Kier molecular flexibility index (Phi) is 3.36. The summed E-state index contributed by atoms with van der Waals surface area (Å²) in [4.78, 5) is -0.0287. The van der Waals surface area contributed by atoms with Gasteiger partial charge in [0.15, 0.2) is 9.84 Å². The van der Waals surface area contributed by atoms with E-state index in [2.05, 4.69) is 0 Å². The Labute approximate surface area is 87.2 Å². The molecular weight excluding hydrogens is 226 g/mol. The Morgan fingerprint density at radius 3 is 2.64 bits per heavy atom. The van der Waals surface area contributed by atoms with E-state index in [1.165, 1.54) is 18.2 Å². The van der Waals surface area contributed by atoms with E-state index in [9.17, 15) is 8.42 Å². The summed E-state index contributed by atoms with van der Waals surface area (Å²) in [6, 6.07) is 4.21. The molecule has 78 valence electrons. The van der Waals surface area contributed by atoms with Gasteiger partial charge >= 0.3 is 0 Å². The minimum atomic E-state index is -3.52. The first-order chi connectivity index (χ1) is 6.47. The Hall–Kier alpha value is -0.780.